The Balaban J connectivity index is 1.85. The number of para-hydroxylation sites is 1. The van der Waals surface area contributed by atoms with Crippen LogP contribution in [0.25, 0.3) is 0 Å². The fraction of sp³-hybridized carbons (Fsp3) is 0.231. The molecule has 0 aliphatic carbocycles. The first-order valence-corrected chi connectivity index (χ1v) is 6.55. The number of fused-ring (bicyclic) bond motifs is 1. The van der Waals surface area contributed by atoms with E-state index in [9.17, 15) is 4.79 Å². The topological polar surface area (TPSA) is 59.4 Å². The van der Waals surface area contributed by atoms with Crippen LogP contribution in [0, 0.1) is 0 Å². The van der Waals surface area contributed by atoms with Gasteiger partial charge in [-0.2, -0.15) is 0 Å². The van der Waals surface area contributed by atoms with Gasteiger partial charge >= 0.3 is 5.97 Å². The molecule has 4 nitrogen and oxygen atoms in total. The molecule has 0 saturated carbocycles. The Labute approximate surface area is 108 Å². The van der Waals surface area contributed by atoms with Crippen molar-refractivity contribution in [3.8, 4) is 5.75 Å². The second-order valence-electron chi connectivity index (χ2n) is 4.13. The molecule has 0 bridgehead atoms. The van der Waals surface area contributed by atoms with Crippen molar-refractivity contribution in [1.82, 2.24) is 4.98 Å². The molecule has 1 aromatic carbocycles. The number of carbonyl (C=O) groups is 1. The van der Waals surface area contributed by atoms with E-state index in [0.29, 0.717) is 0 Å². The Morgan fingerprint density at radius 2 is 2.28 bits per heavy atom. The number of thiazole rings is 1. The lowest BCUT2D eigenvalue weighted by Gasteiger charge is -2.24. The third-order valence-corrected chi connectivity index (χ3v) is 3.87. The number of aromatic nitrogens is 1. The van der Waals surface area contributed by atoms with E-state index >= 15 is 0 Å². The van der Waals surface area contributed by atoms with Crippen molar-refractivity contribution in [2.45, 2.75) is 18.9 Å². The molecule has 2 aromatic rings. The van der Waals surface area contributed by atoms with Gasteiger partial charge in [-0.05, 0) is 24.5 Å². The highest BCUT2D eigenvalue weighted by atomic mass is 32.1. The molecule has 0 radical (unpaired) electrons. The molecule has 0 fully saturated rings. The van der Waals surface area contributed by atoms with Crippen molar-refractivity contribution < 1.29 is 14.6 Å². The zero-order valence-corrected chi connectivity index (χ0v) is 10.3. The summed E-state index contributed by atoms with van der Waals surface area (Å²) in [5.74, 6) is -0.116. The van der Waals surface area contributed by atoms with E-state index in [1.54, 1.807) is 5.38 Å². The predicted octanol–water partition coefficient (Wildman–Crippen LogP) is 2.91. The Bertz CT molecular complexity index is 593. The molecule has 18 heavy (non-hydrogen) atoms. The van der Waals surface area contributed by atoms with E-state index in [1.165, 1.54) is 16.9 Å². The maximum atomic E-state index is 10.8. The monoisotopic (exact) mass is 261 g/mol. The minimum atomic E-state index is -0.992. The van der Waals surface area contributed by atoms with Gasteiger partial charge in [0.2, 0.25) is 0 Å². The van der Waals surface area contributed by atoms with Gasteiger partial charge in [-0.1, -0.05) is 18.2 Å². The SMILES string of the molecule is O=C(O)c1csc(C2CCc3ccccc3O2)n1. The van der Waals surface area contributed by atoms with Crippen molar-refractivity contribution in [3.05, 3.63) is 45.9 Å². The molecular formula is C13H11NO3S. The van der Waals surface area contributed by atoms with Gasteiger partial charge in [0, 0.05) is 5.38 Å². The molecule has 1 N–H and O–H groups in total. The summed E-state index contributed by atoms with van der Waals surface area (Å²) in [4.78, 5) is 14.9. The van der Waals surface area contributed by atoms with E-state index in [4.69, 9.17) is 9.84 Å². The van der Waals surface area contributed by atoms with Gasteiger partial charge in [0.05, 0.1) is 0 Å². The molecule has 3 rings (SSSR count). The van der Waals surface area contributed by atoms with E-state index < -0.39 is 5.97 Å². The maximum Gasteiger partial charge on any atom is 0.355 e. The van der Waals surface area contributed by atoms with Crippen LogP contribution < -0.4 is 4.74 Å². The molecule has 5 heteroatoms. The number of carboxylic acid groups (broad SMARTS) is 1. The highest BCUT2D eigenvalue weighted by molar-refractivity contribution is 7.09. The highest BCUT2D eigenvalue weighted by Crippen LogP contribution is 2.35. The normalized spacial score (nSPS) is 17.9. The van der Waals surface area contributed by atoms with Gasteiger partial charge in [0.15, 0.2) is 11.8 Å². The molecule has 1 unspecified atom stereocenters. The number of benzene rings is 1. The number of aromatic carboxylic acids is 1. The Morgan fingerprint density at radius 1 is 1.44 bits per heavy atom. The first-order chi connectivity index (χ1) is 8.74. The average Bonchev–Trinajstić information content (AvgIpc) is 2.88. The third-order valence-electron chi connectivity index (χ3n) is 2.93. The van der Waals surface area contributed by atoms with Crippen LogP contribution in [-0.4, -0.2) is 16.1 Å². The summed E-state index contributed by atoms with van der Waals surface area (Å²) >= 11 is 1.34. The predicted molar refractivity (Wildman–Crippen MR) is 67.2 cm³/mol. The van der Waals surface area contributed by atoms with Crippen LogP contribution in [-0.2, 0) is 6.42 Å². The molecular weight excluding hydrogens is 250 g/mol. The summed E-state index contributed by atoms with van der Waals surface area (Å²) in [5.41, 5.74) is 1.29. The number of hydrogen-bond acceptors (Lipinski definition) is 4. The fourth-order valence-electron chi connectivity index (χ4n) is 2.03. The molecule has 92 valence electrons. The van der Waals surface area contributed by atoms with Gasteiger partial charge in [0.1, 0.15) is 10.8 Å². The van der Waals surface area contributed by atoms with E-state index in [1.807, 2.05) is 18.2 Å². The van der Waals surface area contributed by atoms with Crippen molar-refractivity contribution in [3.63, 3.8) is 0 Å². The Kier molecular flexibility index (Phi) is 2.76. The van der Waals surface area contributed by atoms with Crippen molar-refractivity contribution in [2.75, 3.05) is 0 Å². The molecule has 1 atom stereocenters. The van der Waals surface area contributed by atoms with Crippen LogP contribution in [0.1, 0.15) is 33.6 Å². The summed E-state index contributed by atoms with van der Waals surface area (Å²) in [6.45, 7) is 0. The van der Waals surface area contributed by atoms with Gasteiger partial charge < -0.3 is 9.84 Å². The Morgan fingerprint density at radius 3 is 3.06 bits per heavy atom. The zero-order chi connectivity index (χ0) is 12.5. The maximum absolute atomic E-state index is 10.8. The lowest BCUT2D eigenvalue weighted by molar-refractivity contribution is 0.0690. The number of ether oxygens (including phenoxy) is 1. The smallest absolute Gasteiger partial charge is 0.355 e. The summed E-state index contributed by atoms with van der Waals surface area (Å²) < 4.78 is 5.87. The van der Waals surface area contributed by atoms with Gasteiger partial charge in [0.25, 0.3) is 0 Å². The quantitative estimate of drug-likeness (QED) is 0.903. The molecule has 0 spiro atoms. The number of hydrogen-bond donors (Lipinski definition) is 1. The second kappa shape index (κ2) is 4.42. The molecule has 1 aliphatic rings. The molecule has 2 heterocycles. The number of nitrogens with zero attached hydrogens (tertiary/aromatic N) is 1. The number of carboxylic acids is 1. The lowest BCUT2D eigenvalue weighted by atomic mass is 10.0. The Hall–Kier alpha value is -1.88. The first-order valence-electron chi connectivity index (χ1n) is 5.67. The zero-order valence-electron chi connectivity index (χ0n) is 9.50. The van der Waals surface area contributed by atoms with Crippen molar-refractivity contribution in [1.29, 1.82) is 0 Å². The number of aryl methyl sites for hydroxylation is 1. The largest absolute Gasteiger partial charge is 0.483 e. The van der Waals surface area contributed by atoms with Crippen LogP contribution in [0.15, 0.2) is 29.6 Å². The summed E-state index contributed by atoms with van der Waals surface area (Å²) in [6, 6.07) is 7.92. The van der Waals surface area contributed by atoms with Gasteiger partial charge in [-0.15, -0.1) is 11.3 Å². The van der Waals surface area contributed by atoms with Crippen LogP contribution >= 0.6 is 11.3 Å². The minimum absolute atomic E-state index is 0.0949. The second-order valence-corrected chi connectivity index (χ2v) is 5.02. The van der Waals surface area contributed by atoms with Gasteiger partial charge in [-0.25, -0.2) is 9.78 Å². The molecule has 1 aromatic heterocycles. The van der Waals surface area contributed by atoms with Crippen molar-refractivity contribution >= 4 is 17.3 Å². The van der Waals surface area contributed by atoms with Crippen molar-refractivity contribution in [2.24, 2.45) is 0 Å². The molecule has 0 saturated heterocycles. The first kappa shape index (κ1) is 11.2. The van der Waals surface area contributed by atoms with Crippen LogP contribution in [0.2, 0.25) is 0 Å². The summed E-state index contributed by atoms with van der Waals surface area (Å²) in [7, 11) is 0. The van der Waals surface area contributed by atoms with Crippen LogP contribution in [0.4, 0.5) is 0 Å². The summed E-state index contributed by atoms with van der Waals surface area (Å²) in [6.07, 6.45) is 1.64. The van der Waals surface area contributed by atoms with Crippen LogP contribution in [0.5, 0.6) is 5.75 Å². The fourth-order valence-corrected chi connectivity index (χ4v) is 2.89. The van der Waals surface area contributed by atoms with Crippen LogP contribution in [0.3, 0.4) is 0 Å². The van der Waals surface area contributed by atoms with E-state index in [-0.39, 0.29) is 11.8 Å². The van der Waals surface area contributed by atoms with E-state index in [0.717, 1.165) is 23.6 Å². The molecule has 1 aliphatic heterocycles. The standard InChI is InChI=1S/C13H11NO3S/c15-13(16)9-7-18-12(14-9)11-6-5-8-3-1-2-4-10(8)17-11/h1-4,7,11H,5-6H2,(H,15,16). The summed E-state index contributed by atoms with van der Waals surface area (Å²) in [5, 5.41) is 11.2. The molecule has 0 amide bonds. The average molecular weight is 261 g/mol. The van der Waals surface area contributed by atoms with E-state index in [2.05, 4.69) is 11.1 Å². The third kappa shape index (κ3) is 1.97. The number of rotatable bonds is 2. The lowest BCUT2D eigenvalue weighted by Crippen LogP contribution is -2.15. The van der Waals surface area contributed by atoms with Gasteiger partial charge in [-0.3, -0.25) is 0 Å². The minimum Gasteiger partial charge on any atom is -0.483 e. The highest BCUT2D eigenvalue weighted by Gasteiger charge is 2.24.